The molecule has 0 heterocycles. The molecular formula is C15H23NO3. The Balaban J connectivity index is 3.09. The number of hydrogen-bond donors (Lipinski definition) is 1. The van der Waals surface area contributed by atoms with E-state index >= 15 is 0 Å². The van der Waals surface area contributed by atoms with Gasteiger partial charge in [-0.3, -0.25) is 0 Å². The van der Waals surface area contributed by atoms with Crippen LogP contribution in [0.5, 0.6) is 11.5 Å². The molecule has 1 atom stereocenters. The number of ketones is 1. The first kappa shape index (κ1) is 15.5. The molecule has 106 valence electrons. The molecule has 4 heteroatoms. The second-order valence-electron chi connectivity index (χ2n) is 4.65. The molecule has 0 aromatic heterocycles. The number of ether oxygens (including phenoxy) is 2. The van der Waals surface area contributed by atoms with Gasteiger partial charge in [-0.25, -0.2) is 0 Å². The lowest BCUT2D eigenvalue weighted by Gasteiger charge is -2.20. The average Bonchev–Trinajstić information content (AvgIpc) is 2.39. The molecule has 0 radical (unpaired) electrons. The molecule has 0 bridgehead atoms. The van der Waals surface area contributed by atoms with Crippen molar-refractivity contribution >= 4 is 5.78 Å². The van der Waals surface area contributed by atoms with Gasteiger partial charge in [-0.1, -0.05) is 0 Å². The number of carbonyl (C=O) groups excluding carboxylic acids is 1. The van der Waals surface area contributed by atoms with Gasteiger partial charge in [-0.2, -0.15) is 0 Å². The number of Topliss-reactive ketones (excluding diaryl/α,β-unsaturated/α-hetero) is 1. The number of carbonyl (C=O) groups is 1. The van der Waals surface area contributed by atoms with Crippen LogP contribution >= 0.6 is 0 Å². The number of benzene rings is 1. The SMILES string of the molecule is CNC(CCC(C)=O)c1cc(OC)c(C)cc1OC. The summed E-state index contributed by atoms with van der Waals surface area (Å²) in [6, 6.07) is 4.02. The molecule has 19 heavy (non-hydrogen) atoms. The normalized spacial score (nSPS) is 12.1. The zero-order valence-electron chi connectivity index (χ0n) is 12.4. The Morgan fingerprint density at radius 2 is 1.89 bits per heavy atom. The maximum absolute atomic E-state index is 11.1. The van der Waals surface area contributed by atoms with Crippen molar-refractivity contribution in [3.05, 3.63) is 23.3 Å². The maximum atomic E-state index is 11.1. The van der Waals surface area contributed by atoms with E-state index in [0.29, 0.717) is 6.42 Å². The van der Waals surface area contributed by atoms with Crippen molar-refractivity contribution in [2.75, 3.05) is 21.3 Å². The van der Waals surface area contributed by atoms with E-state index in [-0.39, 0.29) is 11.8 Å². The molecule has 0 aliphatic heterocycles. The number of hydrogen-bond acceptors (Lipinski definition) is 4. The van der Waals surface area contributed by atoms with Gasteiger partial charge >= 0.3 is 0 Å². The zero-order chi connectivity index (χ0) is 14.4. The molecule has 4 nitrogen and oxygen atoms in total. The molecule has 1 aromatic carbocycles. The van der Waals surface area contributed by atoms with Crippen LogP contribution in [-0.2, 0) is 4.79 Å². The van der Waals surface area contributed by atoms with Crippen molar-refractivity contribution in [1.29, 1.82) is 0 Å². The Labute approximate surface area is 115 Å². The summed E-state index contributed by atoms with van der Waals surface area (Å²) in [6.45, 7) is 3.59. The minimum absolute atomic E-state index is 0.0772. The summed E-state index contributed by atoms with van der Waals surface area (Å²) in [6.07, 6.45) is 1.29. The Bertz CT molecular complexity index is 443. The minimum atomic E-state index is 0.0772. The highest BCUT2D eigenvalue weighted by Gasteiger charge is 2.17. The first-order valence-electron chi connectivity index (χ1n) is 6.42. The summed E-state index contributed by atoms with van der Waals surface area (Å²) in [7, 11) is 5.20. The smallest absolute Gasteiger partial charge is 0.129 e. The second-order valence-corrected chi connectivity index (χ2v) is 4.65. The van der Waals surface area contributed by atoms with Gasteiger partial charge in [0, 0.05) is 18.0 Å². The van der Waals surface area contributed by atoms with Crippen LogP contribution in [0.2, 0.25) is 0 Å². The predicted molar refractivity (Wildman–Crippen MR) is 76.0 cm³/mol. The highest BCUT2D eigenvalue weighted by atomic mass is 16.5. The van der Waals surface area contributed by atoms with Crippen molar-refractivity contribution in [1.82, 2.24) is 5.32 Å². The largest absolute Gasteiger partial charge is 0.496 e. The van der Waals surface area contributed by atoms with E-state index < -0.39 is 0 Å². The second kappa shape index (κ2) is 7.14. The Morgan fingerprint density at radius 1 is 1.26 bits per heavy atom. The van der Waals surface area contributed by atoms with E-state index in [1.165, 1.54) is 0 Å². The fourth-order valence-corrected chi connectivity index (χ4v) is 2.15. The molecule has 0 spiro atoms. The van der Waals surface area contributed by atoms with Crippen LogP contribution in [0.25, 0.3) is 0 Å². The number of aryl methyl sites for hydroxylation is 1. The van der Waals surface area contributed by atoms with Gasteiger partial charge in [0.15, 0.2) is 0 Å². The highest BCUT2D eigenvalue weighted by Crippen LogP contribution is 2.34. The van der Waals surface area contributed by atoms with Gasteiger partial charge in [0.1, 0.15) is 17.3 Å². The zero-order valence-corrected chi connectivity index (χ0v) is 12.4. The lowest BCUT2D eigenvalue weighted by Crippen LogP contribution is -2.18. The number of rotatable bonds is 7. The summed E-state index contributed by atoms with van der Waals surface area (Å²) >= 11 is 0. The number of methoxy groups -OCH3 is 2. The van der Waals surface area contributed by atoms with Gasteiger partial charge in [0.05, 0.1) is 14.2 Å². The molecule has 0 saturated carbocycles. The van der Waals surface area contributed by atoms with Crippen LogP contribution in [0.4, 0.5) is 0 Å². The van der Waals surface area contributed by atoms with E-state index in [9.17, 15) is 4.79 Å². The van der Waals surface area contributed by atoms with Crippen LogP contribution in [-0.4, -0.2) is 27.1 Å². The molecule has 0 aliphatic rings. The van der Waals surface area contributed by atoms with E-state index in [1.807, 2.05) is 26.1 Å². The van der Waals surface area contributed by atoms with Gasteiger partial charge in [-0.05, 0) is 45.0 Å². The Hall–Kier alpha value is -1.55. The van der Waals surface area contributed by atoms with Crippen molar-refractivity contribution in [3.63, 3.8) is 0 Å². The number of nitrogens with one attached hydrogen (secondary N) is 1. The third-order valence-corrected chi connectivity index (χ3v) is 3.26. The Morgan fingerprint density at radius 3 is 2.37 bits per heavy atom. The van der Waals surface area contributed by atoms with Crippen molar-refractivity contribution in [2.24, 2.45) is 0 Å². The lowest BCUT2D eigenvalue weighted by molar-refractivity contribution is -0.117. The monoisotopic (exact) mass is 265 g/mol. The molecule has 1 unspecified atom stereocenters. The third-order valence-electron chi connectivity index (χ3n) is 3.26. The van der Waals surface area contributed by atoms with Gasteiger partial charge in [0.25, 0.3) is 0 Å². The van der Waals surface area contributed by atoms with E-state index in [1.54, 1.807) is 21.1 Å². The van der Waals surface area contributed by atoms with E-state index in [2.05, 4.69) is 5.32 Å². The van der Waals surface area contributed by atoms with Crippen LogP contribution in [0.1, 0.15) is 36.9 Å². The predicted octanol–water partition coefficient (Wildman–Crippen LogP) is 2.64. The van der Waals surface area contributed by atoms with Crippen molar-refractivity contribution in [2.45, 2.75) is 32.7 Å². The van der Waals surface area contributed by atoms with Crippen LogP contribution in [0, 0.1) is 6.92 Å². The quantitative estimate of drug-likeness (QED) is 0.823. The first-order valence-corrected chi connectivity index (χ1v) is 6.42. The minimum Gasteiger partial charge on any atom is -0.496 e. The van der Waals surface area contributed by atoms with Gasteiger partial charge in [-0.15, -0.1) is 0 Å². The van der Waals surface area contributed by atoms with E-state index in [4.69, 9.17) is 9.47 Å². The standard InChI is InChI=1S/C15H23NO3/c1-10-8-15(19-5)12(9-14(10)18-4)13(16-3)7-6-11(2)17/h8-9,13,16H,6-7H2,1-5H3. The van der Waals surface area contributed by atoms with Crippen molar-refractivity contribution < 1.29 is 14.3 Å². The summed E-state index contributed by atoms with van der Waals surface area (Å²) in [5, 5.41) is 3.23. The summed E-state index contributed by atoms with van der Waals surface area (Å²) in [5.74, 6) is 1.85. The molecule has 0 aliphatic carbocycles. The topological polar surface area (TPSA) is 47.6 Å². The van der Waals surface area contributed by atoms with Crippen LogP contribution in [0.15, 0.2) is 12.1 Å². The third kappa shape index (κ3) is 3.96. The molecule has 0 amide bonds. The summed E-state index contributed by atoms with van der Waals surface area (Å²) in [4.78, 5) is 11.1. The Kier molecular flexibility index (Phi) is 5.83. The van der Waals surface area contributed by atoms with Crippen LogP contribution < -0.4 is 14.8 Å². The maximum Gasteiger partial charge on any atom is 0.129 e. The summed E-state index contributed by atoms with van der Waals surface area (Å²) < 4.78 is 10.8. The molecule has 1 rings (SSSR count). The lowest BCUT2D eigenvalue weighted by atomic mass is 9.98. The average molecular weight is 265 g/mol. The van der Waals surface area contributed by atoms with E-state index in [0.717, 1.165) is 29.0 Å². The first-order chi connectivity index (χ1) is 9.03. The molecule has 1 aromatic rings. The molecule has 1 N–H and O–H groups in total. The molecule has 0 saturated heterocycles. The molecular weight excluding hydrogens is 242 g/mol. The fourth-order valence-electron chi connectivity index (χ4n) is 2.15. The van der Waals surface area contributed by atoms with Gasteiger partial charge in [0.2, 0.25) is 0 Å². The molecule has 0 fully saturated rings. The van der Waals surface area contributed by atoms with Crippen molar-refractivity contribution in [3.8, 4) is 11.5 Å². The highest BCUT2D eigenvalue weighted by molar-refractivity contribution is 5.75. The summed E-state index contributed by atoms with van der Waals surface area (Å²) in [5.41, 5.74) is 2.05. The van der Waals surface area contributed by atoms with Gasteiger partial charge < -0.3 is 19.6 Å². The fraction of sp³-hybridized carbons (Fsp3) is 0.533. The van der Waals surface area contributed by atoms with Crippen LogP contribution in [0.3, 0.4) is 0 Å².